The maximum Gasteiger partial charge on any atom is 0.228 e. The molecule has 1 aliphatic carbocycles. The third-order valence-corrected chi connectivity index (χ3v) is 5.37. The number of rotatable bonds is 6. The molecule has 0 spiro atoms. The molecule has 3 heterocycles. The van der Waals surface area contributed by atoms with Gasteiger partial charge >= 0.3 is 0 Å². The lowest BCUT2D eigenvalue weighted by Gasteiger charge is -2.27. The molecule has 2 atom stereocenters. The van der Waals surface area contributed by atoms with Crippen LogP contribution in [0, 0.1) is 17.3 Å². The van der Waals surface area contributed by atoms with E-state index in [4.69, 9.17) is 9.47 Å². The van der Waals surface area contributed by atoms with Crippen LogP contribution in [0.3, 0.4) is 0 Å². The molecule has 2 saturated heterocycles. The van der Waals surface area contributed by atoms with E-state index >= 15 is 0 Å². The summed E-state index contributed by atoms with van der Waals surface area (Å²) in [6.45, 7) is 4.61. The Balaban J connectivity index is 1.36. The summed E-state index contributed by atoms with van der Waals surface area (Å²) >= 11 is 0. The van der Waals surface area contributed by atoms with Crippen molar-refractivity contribution in [2.75, 3.05) is 39.5 Å². The molecule has 3 aliphatic rings. The number of hydrogen-bond donors (Lipinski definition) is 0. The van der Waals surface area contributed by atoms with Crippen LogP contribution in [0.2, 0.25) is 0 Å². The summed E-state index contributed by atoms with van der Waals surface area (Å²) in [5, 5.41) is 0. The number of hydrogen-bond acceptors (Lipinski definition) is 4. The van der Waals surface area contributed by atoms with Gasteiger partial charge in [-0.15, -0.1) is 0 Å². The minimum absolute atomic E-state index is 0.00860. The smallest absolute Gasteiger partial charge is 0.228 e. The van der Waals surface area contributed by atoms with Crippen LogP contribution in [-0.4, -0.2) is 55.3 Å². The van der Waals surface area contributed by atoms with Gasteiger partial charge in [0.1, 0.15) is 0 Å². The summed E-state index contributed by atoms with van der Waals surface area (Å²) in [7, 11) is 0. The highest BCUT2D eigenvalue weighted by Gasteiger charge is 2.52. The maximum atomic E-state index is 12.6. The molecule has 1 aromatic rings. The zero-order valence-electron chi connectivity index (χ0n) is 13.4. The molecule has 124 valence electrons. The predicted octanol–water partition coefficient (Wildman–Crippen LogP) is 1.53. The largest absolute Gasteiger partial charge is 0.380 e. The highest BCUT2D eigenvalue weighted by atomic mass is 16.5. The van der Waals surface area contributed by atoms with Crippen LogP contribution < -0.4 is 0 Å². The molecule has 1 saturated carbocycles. The molecule has 0 N–H and O–H groups in total. The first kappa shape index (κ1) is 15.1. The first-order valence-corrected chi connectivity index (χ1v) is 8.58. The van der Waals surface area contributed by atoms with Gasteiger partial charge < -0.3 is 14.4 Å². The molecule has 2 aliphatic heterocycles. The number of nitrogens with zero attached hydrogens (tertiary/aromatic N) is 2. The Morgan fingerprint density at radius 3 is 3.13 bits per heavy atom. The van der Waals surface area contributed by atoms with Gasteiger partial charge in [0.2, 0.25) is 5.91 Å². The van der Waals surface area contributed by atoms with E-state index in [1.54, 1.807) is 6.20 Å². The Bertz CT molecular complexity index is 561. The van der Waals surface area contributed by atoms with Gasteiger partial charge in [-0.3, -0.25) is 9.78 Å². The van der Waals surface area contributed by atoms with Crippen molar-refractivity contribution in [2.45, 2.75) is 19.3 Å². The Kier molecular flexibility index (Phi) is 4.07. The molecule has 3 fully saturated rings. The number of fused-ring (bicyclic) bond motifs is 1. The summed E-state index contributed by atoms with van der Waals surface area (Å²) < 4.78 is 11.7. The number of pyridine rings is 1. The van der Waals surface area contributed by atoms with E-state index in [0.29, 0.717) is 12.3 Å². The van der Waals surface area contributed by atoms with Crippen LogP contribution in [0.4, 0.5) is 0 Å². The molecule has 4 rings (SSSR count). The summed E-state index contributed by atoms with van der Waals surface area (Å²) in [6.07, 6.45) is 4.74. The zero-order valence-corrected chi connectivity index (χ0v) is 13.4. The first-order chi connectivity index (χ1) is 11.3. The molecule has 1 amide bonds. The van der Waals surface area contributed by atoms with Crippen molar-refractivity contribution in [1.29, 1.82) is 0 Å². The molecule has 23 heavy (non-hydrogen) atoms. The Labute approximate surface area is 137 Å². The third kappa shape index (κ3) is 3.26. The average molecular weight is 316 g/mol. The monoisotopic (exact) mass is 316 g/mol. The molecule has 0 bridgehead atoms. The van der Waals surface area contributed by atoms with Gasteiger partial charge in [0.15, 0.2) is 0 Å². The van der Waals surface area contributed by atoms with Crippen molar-refractivity contribution in [2.24, 2.45) is 17.3 Å². The van der Waals surface area contributed by atoms with Crippen molar-refractivity contribution in [1.82, 2.24) is 9.88 Å². The van der Waals surface area contributed by atoms with Gasteiger partial charge in [-0.2, -0.15) is 0 Å². The molecular weight excluding hydrogens is 292 g/mol. The van der Waals surface area contributed by atoms with Gasteiger partial charge in [0.25, 0.3) is 0 Å². The van der Waals surface area contributed by atoms with Crippen molar-refractivity contribution >= 4 is 5.91 Å². The Hall–Kier alpha value is -1.46. The Morgan fingerprint density at radius 1 is 1.43 bits per heavy atom. The molecule has 5 nitrogen and oxygen atoms in total. The first-order valence-electron chi connectivity index (χ1n) is 8.58. The van der Waals surface area contributed by atoms with Gasteiger partial charge in [-0.25, -0.2) is 0 Å². The van der Waals surface area contributed by atoms with Gasteiger partial charge in [-0.05, 0) is 30.9 Å². The van der Waals surface area contributed by atoms with Crippen molar-refractivity contribution in [3.63, 3.8) is 0 Å². The number of carbonyl (C=O) groups is 1. The lowest BCUT2D eigenvalue weighted by Crippen LogP contribution is -2.38. The third-order valence-electron chi connectivity index (χ3n) is 5.37. The molecular formula is C18H24N2O3. The summed E-state index contributed by atoms with van der Waals surface area (Å²) in [5.41, 5.74) is 0.846. The topological polar surface area (TPSA) is 51.7 Å². The maximum absolute atomic E-state index is 12.6. The minimum atomic E-state index is 0.00860. The van der Waals surface area contributed by atoms with Crippen molar-refractivity contribution in [3.8, 4) is 0 Å². The summed E-state index contributed by atoms with van der Waals surface area (Å²) in [6, 6.07) is 5.71. The second-order valence-corrected chi connectivity index (χ2v) is 7.31. The standard InChI is InChI=1S/C18H24N2O3/c21-17(7-16-3-1-2-6-19-16)20-8-15-10-23-13-18(15,11-20)12-22-9-14-4-5-14/h1-3,6,14-15H,4-5,7-13H2/t15-,18-/m1/s1. The fraction of sp³-hybridized carbons (Fsp3) is 0.667. The van der Waals surface area contributed by atoms with E-state index in [2.05, 4.69) is 4.98 Å². The van der Waals surface area contributed by atoms with Gasteiger partial charge in [0.05, 0.1) is 26.2 Å². The van der Waals surface area contributed by atoms with Crippen molar-refractivity contribution < 1.29 is 14.3 Å². The SMILES string of the molecule is O=C(Cc1ccccn1)N1C[C@@H]2COC[C@]2(COCC2CC2)C1. The summed E-state index contributed by atoms with van der Waals surface area (Å²) in [5.74, 6) is 1.35. The minimum Gasteiger partial charge on any atom is -0.380 e. The van der Waals surface area contributed by atoms with Crippen LogP contribution in [0.5, 0.6) is 0 Å². The molecule has 5 heteroatoms. The second kappa shape index (κ2) is 6.21. The highest BCUT2D eigenvalue weighted by molar-refractivity contribution is 5.78. The van der Waals surface area contributed by atoms with E-state index in [1.807, 2.05) is 23.1 Å². The number of likely N-dealkylation sites (tertiary alicyclic amines) is 1. The average Bonchev–Trinajstić information content (AvgIpc) is 3.17. The lowest BCUT2D eigenvalue weighted by molar-refractivity contribution is -0.130. The van der Waals surface area contributed by atoms with Crippen molar-refractivity contribution in [3.05, 3.63) is 30.1 Å². The fourth-order valence-corrected chi connectivity index (χ4v) is 3.71. The number of carbonyl (C=O) groups excluding carboxylic acids is 1. The molecule has 0 aromatic carbocycles. The highest BCUT2D eigenvalue weighted by Crippen LogP contribution is 2.42. The lowest BCUT2D eigenvalue weighted by atomic mass is 9.82. The van der Waals surface area contributed by atoms with Crippen LogP contribution in [0.25, 0.3) is 0 Å². The van der Waals surface area contributed by atoms with Crippen LogP contribution in [-0.2, 0) is 20.7 Å². The normalized spacial score (nSPS) is 29.7. The van der Waals surface area contributed by atoms with Crippen LogP contribution >= 0.6 is 0 Å². The van der Waals surface area contributed by atoms with E-state index in [0.717, 1.165) is 51.1 Å². The summed E-state index contributed by atoms with van der Waals surface area (Å²) in [4.78, 5) is 18.8. The van der Waals surface area contributed by atoms with Crippen LogP contribution in [0.1, 0.15) is 18.5 Å². The quantitative estimate of drug-likeness (QED) is 0.798. The van der Waals surface area contributed by atoms with Gasteiger partial charge in [0, 0.05) is 42.9 Å². The van der Waals surface area contributed by atoms with E-state index in [-0.39, 0.29) is 11.3 Å². The molecule has 0 radical (unpaired) electrons. The van der Waals surface area contributed by atoms with E-state index < -0.39 is 0 Å². The van der Waals surface area contributed by atoms with Gasteiger partial charge in [-0.1, -0.05) is 6.07 Å². The zero-order chi connectivity index (χ0) is 15.7. The van der Waals surface area contributed by atoms with E-state index in [9.17, 15) is 4.79 Å². The number of aromatic nitrogens is 1. The number of amides is 1. The molecule has 0 unspecified atom stereocenters. The van der Waals surface area contributed by atoms with E-state index in [1.165, 1.54) is 12.8 Å². The Morgan fingerprint density at radius 2 is 2.35 bits per heavy atom. The molecule has 1 aromatic heterocycles. The number of ether oxygens (including phenoxy) is 2. The predicted molar refractivity (Wildman–Crippen MR) is 84.8 cm³/mol. The second-order valence-electron chi connectivity index (χ2n) is 7.31. The fourth-order valence-electron chi connectivity index (χ4n) is 3.71. The van der Waals surface area contributed by atoms with Crippen LogP contribution in [0.15, 0.2) is 24.4 Å².